The maximum absolute atomic E-state index is 2.72. The van der Waals surface area contributed by atoms with E-state index in [-0.39, 0.29) is 8.41 Å². The van der Waals surface area contributed by atoms with Crippen LogP contribution in [-0.2, 0) is 0 Å². The minimum atomic E-state index is 0. The molecule has 0 saturated heterocycles. The van der Waals surface area contributed by atoms with Gasteiger partial charge in [-0.3, -0.25) is 0 Å². The van der Waals surface area contributed by atoms with E-state index in [1.807, 2.05) is 0 Å². The molecule has 0 aromatic carbocycles. The molecule has 0 aliphatic carbocycles. The molecule has 1 unspecified atom stereocenters. The van der Waals surface area contributed by atoms with Crippen molar-refractivity contribution in [2.24, 2.45) is 0 Å². The Labute approximate surface area is 44.5 Å². The average Bonchev–Trinajstić information content (AvgIpc) is 0.722. The van der Waals surface area contributed by atoms with Crippen LogP contribution in [0, 0.1) is 0 Å². The summed E-state index contributed by atoms with van der Waals surface area (Å²) in [5, 5.41) is 0.417. The highest BCUT2D eigenvalue weighted by molar-refractivity contribution is 7.18. The highest BCUT2D eigenvalue weighted by Crippen LogP contribution is 2.12. The molecule has 0 fully saturated rings. The summed E-state index contributed by atoms with van der Waals surface area (Å²) in [6.07, 6.45) is 0. The molecular formula is C4H14BP. The first-order chi connectivity index (χ1) is 2.00. The van der Waals surface area contributed by atoms with Crippen LogP contribution in [0.15, 0.2) is 0 Å². The lowest BCUT2D eigenvalue weighted by molar-refractivity contribution is 0.804. The zero-order chi connectivity index (χ0) is 4.50. The van der Waals surface area contributed by atoms with Crippen molar-refractivity contribution in [3.8, 4) is 0 Å². The Morgan fingerprint density at radius 1 is 1.17 bits per heavy atom. The van der Waals surface area contributed by atoms with E-state index in [1.165, 1.54) is 0 Å². The molecule has 0 nitrogen and oxygen atoms in total. The molecule has 0 N–H and O–H groups in total. The van der Waals surface area contributed by atoms with Gasteiger partial charge in [-0.2, -0.15) is 0 Å². The summed E-state index contributed by atoms with van der Waals surface area (Å²) in [6, 6.07) is 0. The van der Waals surface area contributed by atoms with Crippen molar-refractivity contribution >= 4 is 17.7 Å². The molecule has 0 amide bonds. The lowest BCUT2D eigenvalue weighted by Gasteiger charge is -2.05. The molecule has 0 spiro atoms. The predicted molar refractivity (Wildman–Crippen MR) is 39.4 cm³/mol. The second-order valence-electron chi connectivity index (χ2n) is 2.37. The summed E-state index contributed by atoms with van der Waals surface area (Å²) in [5.74, 6) is 0. The van der Waals surface area contributed by atoms with Crippen molar-refractivity contribution in [3.63, 3.8) is 0 Å². The third kappa shape index (κ3) is 224. The maximum Gasteiger partial charge on any atom is 0.0814 e. The van der Waals surface area contributed by atoms with E-state index in [9.17, 15) is 0 Å². The van der Waals surface area contributed by atoms with Crippen LogP contribution >= 0.6 is 9.24 Å². The summed E-state index contributed by atoms with van der Waals surface area (Å²) in [4.78, 5) is 0. The summed E-state index contributed by atoms with van der Waals surface area (Å²) in [5.41, 5.74) is 0. The van der Waals surface area contributed by atoms with Crippen molar-refractivity contribution in [1.82, 2.24) is 0 Å². The maximum atomic E-state index is 2.72. The monoisotopic (exact) mass is 104 g/mol. The zero-order valence-corrected chi connectivity index (χ0v) is 5.23. The van der Waals surface area contributed by atoms with E-state index in [0.29, 0.717) is 5.16 Å². The van der Waals surface area contributed by atoms with Gasteiger partial charge in [-0.25, -0.2) is 0 Å². The van der Waals surface area contributed by atoms with Gasteiger partial charge >= 0.3 is 0 Å². The fourth-order valence-corrected chi connectivity index (χ4v) is 0. The highest BCUT2D eigenvalue weighted by Gasteiger charge is 1.95. The minimum Gasteiger partial charge on any atom is -0.132 e. The van der Waals surface area contributed by atoms with Gasteiger partial charge in [0.2, 0.25) is 0 Å². The van der Waals surface area contributed by atoms with Gasteiger partial charge in [0.15, 0.2) is 0 Å². The van der Waals surface area contributed by atoms with Gasteiger partial charge < -0.3 is 0 Å². The number of rotatable bonds is 0. The van der Waals surface area contributed by atoms with Crippen LogP contribution < -0.4 is 0 Å². The minimum absolute atomic E-state index is 0. The van der Waals surface area contributed by atoms with Gasteiger partial charge in [0.05, 0.1) is 8.41 Å². The Morgan fingerprint density at radius 2 is 1.17 bits per heavy atom. The van der Waals surface area contributed by atoms with Crippen LogP contribution in [0.3, 0.4) is 0 Å². The fourth-order valence-electron chi connectivity index (χ4n) is 0. The molecule has 0 bridgehead atoms. The van der Waals surface area contributed by atoms with E-state index >= 15 is 0 Å². The molecule has 6 heavy (non-hydrogen) atoms. The average molecular weight is 104 g/mol. The van der Waals surface area contributed by atoms with Crippen LogP contribution in [-0.4, -0.2) is 13.6 Å². The van der Waals surface area contributed by atoms with Gasteiger partial charge in [-0.1, -0.05) is 20.8 Å². The first-order valence-corrected chi connectivity index (χ1v) is 2.37. The Hall–Kier alpha value is 0.495. The third-order valence-corrected chi connectivity index (χ3v) is 0. The van der Waals surface area contributed by atoms with Gasteiger partial charge in [-0.05, 0) is 5.16 Å². The molecule has 0 heterocycles. The summed E-state index contributed by atoms with van der Waals surface area (Å²) in [7, 11) is 2.72. The SMILES string of the molecule is B.CC(C)(C)P. The van der Waals surface area contributed by atoms with Crippen molar-refractivity contribution in [3.05, 3.63) is 0 Å². The van der Waals surface area contributed by atoms with Crippen LogP contribution in [0.5, 0.6) is 0 Å². The number of hydrogen-bond donors (Lipinski definition) is 0. The standard InChI is InChI=1S/C4H11P.BH3/c1-4(2,3)5;/h5H2,1-3H3;1H3. The number of hydrogen-bond acceptors (Lipinski definition) is 0. The lowest BCUT2D eigenvalue weighted by atomic mass is 10.3. The molecule has 0 rings (SSSR count). The van der Waals surface area contributed by atoms with Crippen molar-refractivity contribution < 1.29 is 0 Å². The molecule has 2 heteroatoms. The smallest absolute Gasteiger partial charge is 0.0814 e. The molecule has 0 radical (unpaired) electrons. The molecule has 0 aromatic heterocycles. The van der Waals surface area contributed by atoms with Crippen LogP contribution in [0.25, 0.3) is 0 Å². The highest BCUT2D eigenvalue weighted by atomic mass is 31.0. The Kier molecular flexibility index (Phi) is 4.26. The molecule has 0 aliphatic heterocycles. The van der Waals surface area contributed by atoms with Crippen LogP contribution in [0.2, 0.25) is 0 Å². The molecule has 1 atom stereocenters. The summed E-state index contributed by atoms with van der Waals surface area (Å²) < 4.78 is 0. The Morgan fingerprint density at radius 3 is 1.17 bits per heavy atom. The quantitative estimate of drug-likeness (QED) is 0.309. The van der Waals surface area contributed by atoms with Gasteiger partial charge in [-0.15, -0.1) is 9.24 Å². The first kappa shape index (κ1) is 9.71. The van der Waals surface area contributed by atoms with Gasteiger partial charge in [0.25, 0.3) is 0 Å². The van der Waals surface area contributed by atoms with Crippen molar-refractivity contribution in [1.29, 1.82) is 0 Å². The molecule has 0 aromatic rings. The van der Waals surface area contributed by atoms with E-state index in [2.05, 4.69) is 30.0 Å². The van der Waals surface area contributed by atoms with Crippen molar-refractivity contribution in [2.75, 3.05) is 0 Å². The van der Waals surface area contributed by atoms with Gasteiger partial charge in [0, 0.05) is 0 Å². The normalized spacial score (nSPS) is 10.0. The molecule has 38 valence electrons. The van der Waals surface area contributed by atoms with Gasteiger partial charge in [0.1, 0.15) is 0 Å². The zero-order valence-electron chi connectivity index (χ0n) is 4.08. The lowest BCUT2D eigenvalue weighted by Crippen LogP contribution is -1.97. The third-order valence-electron chi connectivity index (χ3n) is 0. The molecule has 0 saturated carbocycles. The first-order valence-electron chi connectivity index (χ1n) is 1.79. The molecule has 0 aliphatic rings. The van der Waals surface area contributed by atoms with Crippen LogP contribution in [0.1, 0.15) is 20.8 Å². The van der Waals surface area contributed by atoms with E-state index < -0.39 is 0 Å². The molecular weight excluding hydrogens is 89.8 g/mol. The Balaban J connectivity index is 0. The largest absolute Gasteiger partial charge is 0.132 e. The predicted octanol–water partition coefficient (Wildman–Crippen LogP) is 0.476. The van der Waals surface area contributed by atoms with E-state index in [0.717, 1.165) is 0 Å². The second-order valence-corrected chi connectivity index (χ2v) is 4.10. The Bertz CT molecular complexity index is 23.0. The van der Waals surface area contributed by atoms with E-state index in [1.54, 1.807) is 0 Å². The topological polar surface area (TPSA) is 0 Å². The van der Waals surface area contributed by atoms with Crippen LogP contribution in [0.4, 0.5) is 0 Å². The summed E-state index contributed by atoms with van der Waals surface area (Å²) >= 11 is 0. The fraction of sp³-hybridized carbons (Fsp3) is 1.00. The second kappa shape index (κ2) is 2.63. The summed E-state index contributed by atoms with van der Waals surface area (Å²) in [6.45, 7) is 6.45. The van der Waals surface area contributed by atoms with E-state index in [4.69, 9.17) is 0 Å². The van der Waals surface area contributed by atoms with Crippen molar-refractivity contribution in [2.45, 2.75) is 25.9 Å².